The molecule has 2 saturated heterocycles. The third-order valence-corrected chi connectivity index (χ3v) is 14.9. The fraction of sp³-hybridized carbons (Fsp3) is 0.521. The molecule has 5 aliphatic carbocycles. The smallest absolute Gasteiger partial charge is 0.0991 e. The number of nitriles is 3. The third kappa shape index (κ3) is 5.96. The van der Waals surface area contributed by atoms with Crippen LogP contribution in [0, 0.1) is 63.6 Å². The first-order chi connectivity index (χ1) is 27.1. The quantitative estimate of drug-likeness (QED) is 0.318. The second kappa shape index (κ2) is 14.5. The molecule has 4 heterocycles. The standard InChI is InChI=1S/C48H53N7/c49-27-30-8-7-9-33(22-30)35-10-1-3-12-37(35)38-13-4-2-11-36(38)34-25-46(53-47(26-34)55-43-15-6-5-14-39(43)40-20-21-52-48(40)55)54-44-18-16-31(28-50)23-41(44)42-24-32(29-51)17-19-45(42)54/h2,5,8,11,14,16,18,23-24,33-35,37,40,46-48,52-53H,1,3-4,6-7,9-10,12-13,15,17,19-22,25-26H2. The molecule has 8 aliphatic rings. The molecule has 7 heteroatoms. The fourth-order valence-corrected chi connectivity index (χ4v) is 12.6. The minimum atomic E-state index is 0.0662. The number of rotatable bonds is 5. The molecule has 0 amide bonds. The van der Waals surface area contributed by atoms with Crippen LogP contribution in [0.1, 0.15) is 119 Å². The normalized spacial score (nSPS) is 33.0. The maximum atomic E-state index is 9.97. The summed E-state index contributed by atoms with van der Waals surface area (Å²) in [6, 6.07) is 13.6. The maximum Gasteiger partial charge on any atom is 0.0991 e. The van der Waals surface area contributed by atoms with Crippen LogP contribution in [-0.4, -0.2) is 28.3 Å². The van der Waals surface area contributed by atoms with Gasteiger partial charge in [0.2, 0.25) is 0 Å². The van der Waals surface area contributed by atoms with Crippen LogP contribution in [-0.2, 0) is 6.42 Å². The highest BCUT2D eigenvalue weighted by Crippen LogP contribution is 2.51. The Morgan fingerprint density at radius 2 is 1.60 bits per heavy atom. The number of aromatic nitrogens is 1. The van der Waals surface area contributed by atoms with Crippen LogP contribution in [0.25, 0.3) is 17.0 Å². The molecular weight excluding hydrogens is 675 g/mol. The van der Waals surface area contributed by atoms with Crippen molar-refractivity contribution in [3.63, 3.8) is 0 Å². The summed E-state index contributed by atoms with van der Waals surface area (Å²) in [5.74, 6) is 2.82. The van der Waals surface area contributed by atoms with Crippen LogP contribution in [0.3, 0.4) is 0 Å². The molecule has 1 aromatic carbocycles. The Hall–Kier alpha value is -4.61. The number of allylic oxidation sites excluding steroid dienone is 10. The average Bonchev–Trinajstić information content (AvgIpc) is 3.94. The lowest BCUT2D eigenvalue weighted by atomic mass is 9.63. The number of piperidine rings is 1. The van der Waals surface area contributed by atoms with Crippen molar-refractivity contribution in [2.75, 3.05) is 6.54 Å². The molecule has 2 N–H and O–H groups in total. The van der Waals surface area contributed by atoms with Gasteiger partial charge >= 0.3 is 0 Å². The Kier molecular flexibility index (Phi) is 9.17. The van der Waals surface area contributed by atoms with E-state index in [2.05, 4.69) is 80.8 Å². The molecule has 0 bridgehead atoms. The highest BCUT2D eigenvalue weighted by atomic mass is 15.4. The molecule has 0 spiro atoms. The largest absolute Gasteiger partial charge is 0.343 e. The van der Waals surface area contributed by atoms with Gasteiger partial charge in [0.05, 0.1) is 47.8 Å². The van der Waals surface area contributed by atoms with Crippen molar-refractivity contribution in [1.29, 1.82) is 15.8 Å². The molecule has 3 aliphatic heterocycles. The van der Waals surface area contributed by atoms with Crippen molar-refractivity contribution < 1.29 is 0 Å². The predicted molar refractivity (Wildman–Crippen MR) is 216 cm³/mol. The minimum absolute atomic E-state index is 0.0662. The number of fused-ring (bicyclic) bond motifs is 5. The molecule has 2 aromatic rings. The Morgan fingerprint density at radius 1 is 0.764 bits per heavy atom. The zero-order valence-electron chi connectivity index (χ0n) is 32.1. The van der Waals surface area contributed by atoms with Gasteiger partial charge in [-0.15, -0.1) is 0 Å². The predicted octanol–water partition coefficient (Wildman–Crippen LogP) is 9.75. The van der Waals surface area contributed by atoms with Crippen LogP contribution in [0.4, 0.5) is 0 Å². The number of hydrogen-bond donors (Lipinski definition) is 2. The van der Waals surface area contributed by atoms with Crippen molar-refractivity contribution in [3.8, 4) is 18.2 Å². The Morgan fingerprint density at radius 3 is 2.47 bits per heavy atom. The highest BCUT2D eigenvalue weighted by Gasteiger charge is 2.48. The summed E-state index contributed by atoms with van der Waals surface area (Å²) in [6.45, 7) is 1.06. The third-order valence-electron chi connectivity index (χ3n) is 14.9. The summed E-state index contributed by atoms with van der Waals surface area (Å²) < 4.78 is 2.59. The van der Waals surface area contributed by atoms with E-state index < -0.39 is 0 Å². The topological polar surface area (TPSA) is 104 Å². The molecule has 7 nitrogen and oxygen atoms in total. The van der Waals surface area contributed by atoms with Crippen LogP contribution >= 0.6 is 0 Å². The van der Waals surface area contributed by atoms with Gasteiger partial charge in [0.25, 0.3) is 0 Å². The summed E-state index contributed by atoms with van der Waals surface area (Å²) in [6.07, 6.45) is 32.5. The molecular formula is C48H53N7. The zero-order chi connectivity index (χ0) is 37.0. The lowest BCUT2D eigenvalue weighted by Crippen LogP contribution is -2.57. The van der Waals surface area contributed by atoms with Crippen LogP contribution < -0.4 is 10.6 Å². The molecule has 10 rings (SSSR count). The van der Waals surface area contributed by atoms with Crippen molar-refractivity contribution in [3.05, 3.63) is 99.0 Å². The van der Waals surface area contributed by atoms with Crippen LogP contribution in [0.5, 0.6) is 0 Å². The summed E-state index contributed by atoms with van der Waals surface area (Å²) in [7, 11) is 0. The van der Waals surface area contributed by atoms with Gasteiger partial charge in [-0.1, -0.05) is 48.8 Å². The van der Waals surface area contributed by atoms with Crippen molar-refractivity contribution >= 4 is 17.0 Å². The summed E-state index contributed by atoms with van der Waals surface area (Å²) in [5.41, 5.74) is 12.5. The van der Waals surface area contributed by atoms with E-state index >= 15 is 0 Å². The molecule has 1 saturated carbocycles. The lowest BCUT2D eigenvalue weighted by molar-refractivity contribution is 0.0684. The second-order valence-electron chi connectivity index (χ2n) is 17.6. The first-order valence-corrected chi connectivity index (χ1v) is 21.5. The summed E-state index contributed by atoms with van der Waals surface area (Å²) >= 11 is 0. The van der Waals surface area contributed by atoms with Gasteiger partial charge < -0.3 is 9.47 Å². The highest BCUT2D eigenvalue weighted by molar-refractivity contribution is 5.93. The van der Waals surface area contributed by atoms with E-state index in [9.17, 15) is 15.8 Å². The Bertz CT molecular complexity index is 2220. The molecule has 280 valence electrons. The monoisotopic (exact) mass is 727 g/mol. The van der Waals surface area contributed by atoms with Gasteiger partial charge in [0, 0.05) is 39.4 Å². The van der Waals surface area contributed by atoms with Crippen molar-refractivity contribution in [2.45, 2.75) is 121 Å². The van der Waals surface area contributed by atoms with E-state index in [1.807, 2.05) is 12.1 Å². The number of nitrogens with zero attached hydrogens (tertiary/aromatic N) is 5. The van der Waals surface area contributed by atoms with E-state index in [4.69, 9.17) is 0 Å². The minimum Gasteiger partial charge on any atom is -0.343 e. The van der Waals surface area contributed by atoms with E-state index in [0.717, 1.165) is 98.4 Å². The van der Waals surface area contributed by atoms with E-state index in [1.165, 1.54) is 44.2 Å². The SMILES string of the molecule is N#CC1=Cc2c(n(C3CC(C4=C(C5CCCCC5C5CCC=C(C#N)C5)CCC=C4)CC(N4C5=C(C=CCC5)C5CCNC54)N3)c3ccc(C#N)cc23)CC1. The van der Waals surface area contributed by atoms with E-state index in [0.29, 0.717) is 41.3 Å². The van der Waals surface area contributed by atoms with Gasteiger partial charge in [-0.2, -0.15) is 15.8 Å². The second-order valence-corrected chi connectivity index (χ2v) is 17.6. The number of hydrogen-bond acceptors (Lipinski definition) is 6. The molecule has 0 radical (unpaired) electrons. The molecule has 55 heavy (non-hydrogen) atoms. The van der Waals surface area contributed by atoms with Crippen LogP contribution in [0.15, 0.2) is 82.1 Å². The molecule has 8 unspecified atom stereocenters. The molecule has 8 atom stereocenters. The van der Waals surface area contributed by atoms with E-state index in [1.54, 1.807) is 22.4 Å². The first-order valence-electron chi connectivity index (χ1n) is 21.5. The lowest BCUT2D eigenvalue weighted by Gasteiger charge is -2.47. The number of nitrogens with one attached hydrogen (secondary N) is 2. The van der Waals surface area contributed by atoms with Gasteiger partial charge in [-0.25, -0.2) is 0 Å². The summed E-state index contributed by atoms with van der Waals surface area (Å²) in [5, 5.41) is 39.2. The molecule has 3 fully saturated rings. The summed E-state index contributed by atoms with van der Waals surface area (Å²) in [4.78, 5) is 2.79. The Labute approximate surface area is 326 Å². The Balaban J connectivity index is 1.09. The van der Waals surface area contributed by atoms with E-state index in [-0.39, 0.29) is 12.3 Å². The van der Waals surface area contributed by atoms with Gasteiger partial charge in [0.1, 0.15) is 0 Å². The maximum absolute atomic E-state index is 9.97. The van der Waals surface area contributed by atoms with Crippen LogP contribution in [0.2, 0.25) is 0 Å². The van der Waals surface area contributed by atoms with Crippen molar-refractivity contribution in [1.82, 2.24) is 20.1 Å². The van der Waals surface area contributed by atoms with Gasteiger partial charge in [0.15, 0.2) is 0 Å². The van der Waals surface area contributed by atoms with Gasteiger partial charge in [-0.05, 0) is 156 Å². The van der Waals surface area contributed by atoms with Crippen molar-refractivity contribution in [2.24, 2.45) is 29.6 Å². The number of benzene rings is 1. The fourth-order valence-electron chi connectivity index (χ4n) is 12.6. The van der Waals surface area contributed by atoms with Gasteiger partial charge in [-0.3, -0.25) is 10.6 Å². The average molecular weight is 728 g/mol. The zero-order valence-corrected chi connectivity index (χ0v) is 32.1. The first kappa shape index (κ1) is 34.8. The molecule has 1 aromatic heterocycles.